The molecule has 1 fully saturated rings. The highest BCUT2D eigenvalue weighted by atomic mass is 35.5. The Morgan fingerprint density at radius 2 is 1.97 bits per heavy atom. The summed E-state index contributed by atoms with van der Waals surface area (Å²) in [5.74, 6) is 2.35. The Hall–Kier alpha value is -1.95. The van der Waals surface area contributed by atoms with Gasteiger partial charge in [-0.3, -0.25) is 4.79 Å². The van der Waals surface area contributed by atoms with Crippen LogP contribution in [0.15, 0.2) is 42.5 Å². The predicted molar refractivity (Wildman–Crippen MR) is 124 cm³/mol. The van der Waals surface area contributed by atoms with E-state index in [0.29, 0.717) is 24.5 Å². The van der Waals surface area contributed by atoms with Crippen LogP contribution in [0, 0.1) is 5.92 Å². The lowest BCUT2D eigenvalue weighted by Gasteiger charge is -2.34. The topological polar surface area (TPSA) is 53.6 Å². The molecule has 0 bridgehead atoms. The number of nitrogens with one attached hydrogen (secondary N) is 2. The van der Waals surface area contributed by atoms with Crippen LogP contribution in [0.25, 0.3) is 0 Å². The van der Waals surface area contributed by atoms with Gasteiger partial charge in [-0.2, -0.15) is 0 Å². The van der Waals surface area contributed by atoms with Gasteiger partial charge in [-0.25, -0.2) is 0 Å². The van der Waals surface area contributed by atoms with Crippen LogP contribution in [0.4, 0.5) is 5.69 Å². The Bertz CT molecular complexity index is 908. The van der Waals surface area contributed by atoms with Crippen molar-refractivity contribution >= 4 is 36.4 Å². The number of anilines is 1. The number of halogens is 2. The summed E-state index contributed by atoms with van der Waals surface area (Å²) < 4.78 is 5.62. The molecule has 0 radical (unpaired) electrons. The summed E-state index contributed by atoms with van der Waals surface area (Å²) in [4.78, 5) is 14.8. The molecule has 5 nitrogen and oxygen atoms in total. The maximum absolute atomic E-state index is 12.8. The van der Waals surface area contributed by atoms with E-state index in [9.17, 15) is 4.79 Å². The molecule has 2 aromatic rings. The van der Waals surface area contributed by atoms with Crippen molar-refractivity contribution in [1.82, 2.24) is 10.2 Å². The molecule has 1 unspecified atom stereocenters. The van der Waals surface area contributed by atoms with Crippen molar-refractivity contribution in [3.8, 4) is 5.75 Å². The minimum Gasteiger partial charge on any atom is -0.496 e. The Balaban J connectivity index is 0.00000128. The third-order valence-electron chi connectivity index (χ3n) is 6.71. The first-order valence-electron chi connectivity index (χ1n) is 10.3. The molecule has 7 heteroatoms. The first-order chi connectivity index (χ1) is 13.8. The number of hydrogen-bond acceptors (Lipinski definition) is 4. The van der Waals surface area contributed by atoms with Crippen LogP contribution in [-0.2, 0) is 6.42 Å². The number of methoxy groups -OCH3 is 1. The van der Waals surface area contributed by atoms with Crippen LogP contribution in [0.2, 0.25) is 0 Å². The molecule has 5 rings (SSSR count). The van der Waals surface area contributed by atoms with Crippen LogP contribution in [0.3, 0.4) is 0 Å². The van der Waals surface area contributed by atoms with Crippen molar-refractivity contribution in [2.75, 3.05) is 32.2 Å². The van der Waals surface area contributed by atoms with Gasteiger partial charge in [0.05, 0.1) is 19.3 Å². The summed E-state index contributed by atoms with van der Waals surface area (Å²) in [6.45, 7) is 2.42. The number of amides is 1. The van der Waals surface area contributed by atoms with Crippen LogP contribution in [0.1, 0.15) is 40.2 Å². The van der Waals surface area contributed by atoms with Crippen molar-refractivity contribution in [1.29, 1.82) is 0 Å². The first kappa shape index (κ1) is 22.7. The van der Waals surface area contributed by atoms with E-state index in [1.807, 2.05) is 29.2 Å². The third kappa shape index (κ3) is 3.86. The summed E-state index contributed by atoms with van der Waals surface area (Å²) in [7, 11) is 1.76. The quantitative estimate of drug-likeness (QED) is 0.738. The van der Waals surface area contributed by atoms with Gasteiger partial charge in [0.1, 0.15) is 5.75 Å². The largest absolute Gasteiger partial charge is 0.496 e. The van der Waals surface area contributed by atoms with E-state index in [2.05, 4.69) is 28.8 Å². The Labute approximate surface area is 190 Å². The highest BCUT2D eigenvalue weighted by Gasteiger charge is 2.41. The molecule has 3 aliphatic rings. The second-order valence-electron chi connectivity index (χ2n) is 8.11. The van der Waals surface area contributed by atoms with Gasteiger partial charge in [0.2, 0.25) is 0 Å². The maximum Gasteiger partial charge on any atom is 0.257 e. The zero-order valence-electron chi connectivity index (χ0n) is 17.1. The van der Waals surface area contributed by atoms with E-state index in [-0.39, 0.29) is 30.7 Å². The lowest BCUT2D eigenvalue weighted by Crippen LogP contribution is -2.42. The standard InChI is InChI=1S/C23H27N3O2.2ClH/c1-28-21-8-4-6-17-16(21)10-9-15-13-24-20(22(15)17)11-12-26-14-25-19-7-3-2-5-18(19)23(26)27;;/h2-8,15,20,22,24-25H,9-14H2,1H3;2*1H/t15-,20?,22+;;/m0../s1. The maximum atomic E-state index is 12.8. The normalized spacial score (nSPS) is 23.8. The number of ether oxygens (including phenoxy) is 1. The van der Waals surface area contributed by atoms with Crippen molar-refractivity contribution in [3.05, 3.63) is 59.2 Å². The van der Waals surface area contributed by atoms with Crippen molar-refractivity contribution in [2.24, 2.45) is 5.92 Å². The zero-order valence-corrected chi connectivity index (χ0v) is 18.7. The molecule has 0 saturated carbocycles. The molecule has 1 amide bonds. The molecule has 2 aromatic carbocycles. The van der Waals surface area contributed by atoms with Gasteiger partial charge in [0, 0.05) is 24.2 Å². The van der Waals surface area contributed by atoms with Gasteiger partial charge in [-0.1, -0.05) is 24.3 Å². The molecule has 0 spiro atoms. The molecule has 30 heavy (non-hydrogen) atoms. The molecule has 0 aromatic heterocycles. The van der Waals surface area contributed by atoms with E-state index in [0.717, 1.165) is 42.9 Å². The number of rotatable bonds is 4. The molecule has 162 valence electrons. The van der Waals surface area contributed by atoms with Crippen molar-refractivity contribution in [2.45, 2.75) is 31.2 Å². The summed E-state index contributed by atoms with van der Waals surface area (Å²) in [6, 6.07) is 14.6. The SMILES string of the molecule is COc1cccc2c1CC[C@H]1CNC(CCN3CNc4ccccc4C3=O)[C@@H]21.Cl.Cl. The van der Waals surface area contributed by atoms with Gasteiger partial charge in [0.15, 0.2) is 0 Å². The number of fused-ring (bicyclic) bond motifs is 4. The van der Waals surface area contributed by atoms with Crippen LogP contribution < -0.4 is 15.4 Å². The van der Waals surface area contributed by atoms with E-state index in [1.54, 1.807) is 7.11 Å². The predicted octanol–water partition coefficient (Wildman–Crippen LogP) is 4.07. The van der Waals surface area contributed by atoms with Crippen LogP contribution in [0.5, 0.6) is 5.75 Å². The smallest absolute Gasteiger partial charge is 0.257 e. The summed E-state index contributed by atoms with van der Waals surface area (Å²) in [5, 5.41) is 7.13. The molecule has 2 heterocycles. The summed E-state index contributed by atoms with van der Waals surface area (Å²) >= 11 is 0. The Morgan fingerprint density at radius 3 is 2.80 bits per heavy atom. The minimum atomic E-state index is 0. The fraction of sp³-hybridized carbons (Fsp3) is 0.435. The second kappa shape index (κ2) is 9.46. The third-order valence-corrected chi connectivity index (χ3v) is 6.71. The fourth-order valence-electron chi connectivity index (χ4n) is 5.32. The van der Waals surface area contributed by atoms with Gasteiger partial charge in [0.25, 0.3) is 5.91 Å². The number of benzene rings is 2. The first-order valence-corrected chi connectivity index (χ1v) is 10.3. The van der Waals surface area contributed by atoms with Crippen molar-refractivity contribution < 1.29 is 9.53 Å². The molecular formula is C23H29Cl2N3O2. The second-order valence-corrected chi connectivity index (χ2v) is 8.11. The number of nitrogens with zero attached hydrogens (tertiary/aromatic N) is 1. The summed E-state index contributed by atoms with van der Waals surface area (Å²) in [6.07, 6.45) is 3.27. The monoisotopic (exact) mass is 449 g/mol. The van der Waals surface area contributed by atoms with E-state index in [4.69, 9.17) is 4.74 Å². The van der Waals surface area contributed by atoms with Crippen LogP contribution >= 0.6 is 24.8 Å². The highest BCUT2D eigenvalue weighted by Crippen LogP contribution is 2.45. The molecule has 1 saturated heterocycles. The lowest BCUT2D eigenvalue weighted by atomic mass is 9.73. The van der Waals surface area contributed by atoms with Crippen molar-refractivity contribution in [3.63, 3.8) is 0 Å². The number of carbonyl (C=O) groups excluding carboxylic acids is 1. The lowest BCUT2D eigenvalue weighted by molar-refractivity contribution is 0.0751. The van der Waals surface area contributed by atoms with E-state index >= 15 is 0 Å². The molecule has 2 N–H and O–H groups in total. The molecule has 2 aliphatic heterocycles. The Morgan fingerprint density at radius 1 is 1.13 bits per heavy atom. The number of carbonyl (C=O) groups is 1. The molecule has 3 atom stereocenters. The number of hydrogen-bond donors (Lipinski definition) is 2. The van der Waals surface area contributed by atoms with E-state index in [1.165, 1.54) is 17.5 Å². The average Bonchev–Trinajstić information content (AvgIpc) is 3.16. The number of para-hydroxylation sites is 1. The Kier molecular flexibility index (Phi) is 7.17. The van der Waals surface area contributed by atoms with Gasteiger partial charge < -0.3 is 20.3 Å². The summed E-state index contributed by atoms with van der Waals surface area (Å²) in [5.41, 5.74) is 4.54. The average molecular weight is 450 g/mol. The minimum absolute atomic E-state index is 0. The molecular weight excluding hydrogens is 421 g/mol. The van der Waals surface area contributed by atoms with Crippen LogP contribution in [-0.4, -0.2) is 43.7 Å². The zero-order chi connectivity index (χ0) is 19.1. The van der Waals surface area contributed by atoms with Gasteiger partial charge >= 0.3 is 0 Å². The van der Waals surface area contributed by atoms with E-state index < -0.39 is 0 Å². The highest BCUT2D eigenvalue weighted by molar-refractivity contribution is 6.01. The molecule has 1 aliphatic carbocycles. The fourth-order valence-corrected chi connectivity index (χ4v) is 5.32. The van der Waals surface area contributed by atoms with Gasteiger partial charge in [-0.05, 0) is 61.1 Å². The van der Waals surface area contributed by atoms with Gasteiger partial charge in [-0.15, -0.1) is 24.8 Å².